The molecule has 1 aliphatic heterocycles. The van der Waals surface area contributed by atoms with Gasteiger partial charge in [0.2, 0.25) is 0 Å². The second-order valence-electron chi connectivity index (χ2n) is 7.19. The molecule has 0 spiro atoms. The van der Waals surface area contributed by atoms with Crippen molar-refractivity contribution in [3.05, 3.63) is 35.4 Å². The largest absolute Gasteiger partial charge is 0.489 e. The number of halogens is 1. The van der Waals surface area contributed by atoms with Gasteiger partial charge >= 0.3 is 0 Å². The van der Waals surface area contributed by atoms with Crippen LogP contribution in [0.25, 0.3) is 10.3 Å². The molecule has 1 amide bonds. The highest BCUT2D eigenvalue weighted by atomic mass is 32.1. The van der Waals surface area contributed by atoms with E-state index in [9.17, 15) is 9.18 Å². The number of carbonyl (C=O) groups is 1. The molecule has 10 heteroatoms. The molecule has 3 aromatic rings. The lowest BCUT2D eigenvalue weighted by Crippen LogP contribution is -2.38. The minimum atomic E-state index is -0.398. The lowest BCUT2D eigenvalue weighted by Gasteiger charge is -2.22. The van der Waals surface area contributed by atoms with Crippen LogP contribution in [-0.2, 0) is 4.74 Å². The summed E-state index contributed by atoms with van der Waals surface area (Å²) in [5.74, 6) is 0.150. The third kappa shape index (κ3) is 4.65. The predicted molar refractivity (Wildman–Crippen MR) is 112 cm³/mol. The van der Waals surface area contributed by atoms with Gasteiger partial charge < -0.3 is 20.1 Å². The third-order valence-electron chi connectivity index (χ3n) is 4.51. The number of ether oxygens (including phenoxy) is 2. The molecule has 0 bridgehead atoms. The second-order valence-corrected chi connectivity index (χ2v) is 8.16. The van der Waals surface area contributed by atoms with Gasteiger partial charge in [0.25, 0.3) is 5.91 Å². The van der Waals surface area contributed by atoms with Crippen LogP contribution in [-0.4, -0.2) is 46.2 Å². The molecule has 8 nitrogen and oxygen atoms in total. The van der Waals surface area contributed by atoms with Gasteiger partial charge in [0.15, 0.2) is 10.8 Å². The number of anilines is 2. The van der Waals surface area contributed by atoms with E-state index in [0.29, 0.717) is 45.8 Å². The Morgan fingerprint density at radius 3 is 2.87 bits per heavy atom. The molecule has 3 heterocycles. The van der Waals surface area contributed by atoms with E-state index in [-0.39, 0.29) is 18.1 Å². The molecule has 2 aromatic heterocycles. The van der Waals surface area contributed by atoms with Crippen LogP contribution < -0.4 is 15.4 Å². The summed E-state index contributed by atoms with van der Waals surface area (Å²) in [5, 5.41) is 6.45. The summed E-state index contributed by atoms with van der Waals surface area (Å²) < 4.78 is 24.7. The maximum atomic E-state index is 13.7. The SMILES string of the molecule is CC(C)Oc1cc(F)ccc1Nc1ncnc2sc(C(=O)NC3CCOCC3)nc12. The van der Waals surface area contributed by atoms with Crippen LogP contribution in [0.4, 0.5) is 15.9 Å². The lowest BCUT2D eigenvalue weighted by molar-refractivity contribution is 0.0696. The molecule has 158 valence electrons. The Kier molecular flexibility index (Phi) is 6.05. The van der Waals surface area contributed by atoms with Gasteiger partial charge in [-0.1, -0.05) is 11.3 Å². The fourth-order valence-corrected chi connectivity index (χ4v) is 3.92. The van der Waals surface area contributed by atoms with Gasteiger partial charge in [-0.05, 0) is 38.8 Å². The Labute approximate surface area is 176 Å². The maximum absolute atomic E-state index is 13.7. The van der Waals surface area contributed by atoms with Crippen molar-refractivity contribution < 1.29 is 18.7 Å². The Morgan fingerprint density at radius 2 is 2.10 bits per heavy atom. The number of hydrogen-bond donors (Lipinski definition) is 2. The van der Waals surface area contributed by atoms with E-state index >= 15 is 0 Å². The smallest absolute Gasteiger partial charge is 0.280 e. The Morgan fingerprint density at radius 1 is 1.30 bits per heavy atom. The second kappa shape index (κ2) is 8.88. The molecule has 1 fully saturated rings. The average molecular weight is 431 g/mol. The van der Waals surface area contributed by atoms with Crippen molar-refractivity contribution >= 4 is 39.1 Å². The summed E-state index contributed by atoms with van der Waals surface area (Å²) in [7, 11) is 0. The van der Waals surface area contributed by atoms with Crippen molar-refractivity contribution in [2.24, 2.45) is 0 Å². The lowest BCUT2D eigenvalue weighted by atomic mass is 10.1. The number of amides is 1. The molecule has 0 atom stereocenters. The van der Waals surface area contributed by atoms with E-state index in [0.717, 1.165) is 12.8 Å². The van der Waals surface area contributed by atoms with Crippen molar-refractivity contribution in [2.75, 3.05) is 18.5 Å². The Hall–Kier alpha value is -2.85. The predicted octanol–water partition coefficient (Wildman–Crippen LogP) is 3.67. The number of carbonyl (C=O) groups excluding carboxylic acids is 1. The van der Waals surface area contributed by atoms with Gasteiger partial charge in [0.05, 0.1) is 11.8 Å². The summed E-state index contributed by atoms with van der Waals surface area (Å²) in [6, 6.07) is 4.31. The fraction of sp³-hybridized carbons (Fsp3) is 0.400. The number of fused-ring (bicyclic) bond motifs is 1. The zero-order chi connectivity index (χ0) is 21.1. The molecule has 1 aliphatic rings. The molecule has 0 radical (unpaired) electrons. The highest BCUT2D eigenvalue weighted by Crippen LogP contribution is 2.32. The summed E-state index contributed by atoms with van der Waals surface area (Å²) >= 11 is 1.20. The van der Waals surface area contributed by atoms with Gasteiger partial charge in [0.1, 0.15) is 28.2 Å². The van der Waals surface area contributed by atoms with Crippen LogP contribution in [0.1, 0.15) is 36.5 Å². The first-order valence-corrected chi connectivity index (χ1v) is 10.5. The van der Waals surface area contributed by atoms with Crippen molar-refractivity contribution in [2.45, 2.75) is 38.8 Å². The Bertz CT molecular complexity index is 1050. The quantitative estimate of drug-likeness (QED) is 0.614. The first-order chi connectivity index (χ1) is 14.5. The normalized spacial score (nSPS) is 14.8. The number of nitrogens with one attached hydrogen (secondary N) is 2. The van der Waals surface area contributed by atoms with E-state index in [2.05, 4.69) is 25.6 Å². The molecular weight excluding hydrogens is 409 g/mol. The summed E-state index contributed by atoms with van der Waals surface area (Å²) in [5.41, 5.74) is 1.02. The van der Waals surface area contributed by atoms with Crippen LogP contribution in [0.5, 0.6) is 5.75 Å². The highest BCUT2D eigenvalue weighted by Gasteiger charge is 2.21. The zero-order valence-electron chi connectivity index (χ0n) is 16.6. The molecular formula is C20H22FN5O3S. The summed E-state index contributed by atoms with van der Waals surface area (Å²) in [4.78, 5) is 26.2. The number of benzene rings is 1. The molecule has 30 heavy (non-hydrogen) atoms. The number of hydrogen-bond acceptors (Lipinski definition) is 8. The van der Waals surface area contributed by atoms with E-state index in [4.69, 9.17) is 9.47 Å². The van der Waals surface area contributed by atoms with Gasteiger partial charge in [-0.15, -0.1) is 0 Å². The number of thiazole rings is 1. The molecule has 4 rings (SSSR count). The molecule has 0 saturated carbocycles. The highest BCUT2D eigenvalue weighted by molar-refractivity contribution is 7.19. The van der Waals surface area contributed by atoms with Gasteiger partial charge in [-0.3, -0.25) is 4.79 Å². The molecule has 1 aromatic carbocycles. The summed E-state index contributed by atoms with van der Waals surface area (Å²) in [6.07, 6.45) is 2.84. The van der Waals surface area contributed by atoms with Crippen molar-refractivity contribution in [3.63, 3.8) is 0 Å². The first kappa shape index (κ1) is 20.4. The van der Waals surface area contributed by atoms with Gasteiger partial charge in [0, 0.05) is 25.3 Å². The van der Waals surface area contributed by atoms with Crippen molar-refractivity contribution in [1.82, 2.24) is 20.3 Å². The van der Waals surface area contributed by atoms with E-state index in [1.807, 2.05) is 13.8 Å². The van der Waals surface area contributed by atoms with Gasteiger partial charge in [-0.2, -0.15) is 0 Å². The number of nitrogens with zero attached hydrogens (tertiary/aromatic N) is 3. The average Bonchev–Trinajstić information content (AvgIpc) is 3.16. The topological polar surface area (TPSA) is 98.3 Å². The van der Waals surface area contributed by atoms with Crippen LogP contribution in [0, 0.1) is 5.82 Å². The molecule has 2 N–H and O–H groups in total. The monoisotopic (exact) mass is 431 g/mol. The van der Waals surface area contributed by atoms with Crippen molar-refractivity contribution in [1.29, 1.82) is 0 Å². The standard InChI is InChI=1S/C20H22FN5O3S/c1-11(2)29-15-9-12(21)3-4-14(15)25-17-16-19(23-10-22-17)30-20(26-16)18(27)24-13-5-7-28-8-6-13/h3-4,9-11,13H,5-8H2,1-2H3,(H,24,27)(H,22,23,25). The van der Waals surface area contributed by atoms with E-state index in [1.165, 1.54) is 29.8 Å². The van der Waals surface area contributed by atoms with Gasteiger partial charge in [-0.25, -0.2) is 19.3 Å². The minimum Gasteiger partial charge on any atom is -0.489 e. The molecule has 0 unspecified atom stereocenters. The fourth-order valence-electron chi connectivity index (χ4n) is 3.11. The molecule has 0 aliphatic carbocycles. The Balaban J connectivity index is 1.59. The zero-order valence-corrected chi connectivity index (χ0v) is 17.5. The van der Waals surface area contributed by atoms with Crippen LogP contribution >= 0.6 is 11.3 Å². The summed E-state index contributed by atoms with van der Waals surface area (Å²) in [6.45, 7) is 5.01. The third-order valence-corrected chi connectivity index (χ3v) is 5.47. The molecule has 1 saturated heterocycles. The van der Waals surface area contributed by atoms with Crippen LogP contribution in [0.2, 0.25) is 0 Å². The minimum absolute atomic E-state index is 0.0805. The van der Waals surface area contributed by atoms with E-state index in [1.54, 1.807) is 6.07 Å². The van der Waals surface area contributed by atoms with E-state index < -0.39 is 5.82 Å². The maximum Gasteiger partial charge on any atom is 0.280 e. The van der Waals surface area contributed by atoms with Crippen LogP contribution in [0.3, 0.4) is 0 Å². The number of rotatable bonds is 6. The number of aromatic nitrogens is 3. The van der Waals surface area contributed by atoms with Crippen molar-refractivity contribution in [3.8, 4) is 5.75 Å². The van der Waals surface area contributed by atoms with Crippen LogP contribution in [0.15, 0.2) is 24.5 Å². The first-order valence-electron chi connectivity index (χ1n) is 9.73.